The maximum Gasteiger partial charge on any atom is 0.331 e. The van der Waals surface area contributed by atoms with E-state index in [1.165, 1.54) is 20.0 Å². The first-order chi connectivity index (χ1) is 9.16. The lowest BCUT2D eigenvalue weighted by Gasteiger charge is -2.32. The largest absolute Gasteiger partial charge is 0.467 e. The van der Waals surface area contributed by atoms with E-state index in [1.807, 2.05) is 24.3 Å². The van der Waals surface area contributed by atoms with Crippen molar-refractivity contribution >= 4 is 23.3 Å². The number of hydrogen-bond acceptors (Lipinski definition) is 3. The van der Waals surface area contributed by atoms with Gasteiger partial charge in [0.1, 0.15) is 5.54 Å². The Labute approximate surface area is 119 Å². The molecule has 1 aliphatic carbocycles. The number of carbonyl (C=O) groups is 1. The highest BCUT2D eigenvalue weighted by molar-refractivity contribution is 6.30. The summed E-state index contributed by atoms with van der Waals surface area (Å²) in [6.07, 6.45) is 6.07. The Morgan fingerprint density at radius 1 is 1.26 bits per heavy atom. The van der Waals surface area contributed by atoms with Crippen molar-refractivity contribution < 1.29 is 9.53 Å². The van der Waals surface area contributed by atoms with Crippen molar-refractivity contribution in [1.82, 2.24) is 0 Å². The predicted octanol–water partition coefficient (Wildman–Crippen LogP) is 4.02. The lowest BCUT2D eigenvalue weighted by atomic mass is 9.89. The van der Waals surface area contributed by atoms with Gasteiger partial charge in [0.25, 0.3) is 0 Å². The number of esters is 1. The Hall–Kier alpha value is -1.22. The molecule has 2 rings (SSSR count). The molecule has 0 saturated heterocycles. The fourth-order valence-corrected chi connectivity index (χ4v) is 2.94. The molecule has 0 amide bonds. The Balaban J connectivity index is 2.24. The van der Waals surface area contributed by atoms with Crippen LogP contribution in [0.25, 0.3) is 0 Å². The average molecular weight is 282 g/mol. The summed E-state index contributed by atoms with van der Waals surface area (Å²) in [6, 6.07) is 7.48. The van der Waals surface area contributed by atoms with Crippen LogP contribution in [0, 0.1) is 0 Å². The molecule has 0 heterocycles. The van der Waals surface area contributed by atoms with Crippen molar-refractivity contribution in [2.75, 3.05) is 12.4 Å². The highest BCUT2D eigenvalue weighted by Crippen LogP contribution is 2.32. The van der Waals surface area contributed by atoms with Gasteiger partial charge in [-0.1, -0.05) is 43.4 Å². The van der Waals surface area contributed by atoms with Crippen molar-refractivity contribution in [1.29, 1.82) is 0 Å². The van der Waals surface area contributed by atoms with Crippen molar-refractivity contribution in [3.8, 4) is 0 Å². The summed E-state index contributed by atoms with van der Waals surface area (Å²) in [7, 11) is 1.45. The van der Waals surface area contributed by atoms with Crippen LogP contribution in [-0.2, 0) is 9.53 Å². The molecule has 1 aromatic rings. The van der Waals surface area contributed by atoms with Crippen LogP contribution in [-0.4, -0.2) is 18.6 Å². The summed E-state index contributed by atoms with van der Waals surface area (Å²) in [4.78, 5) is 12.2. The minimum absolute atomic E-state index is 0.172. The van der Waals surface area contributed by atoms with Gasteiger partial charge < -0.3 is 10.1 Å². The standard InChI is InChI=1S/C15H20ClNO2/c1-19-14(18)15(9-4-2-3-5-10-15)17-13-8-6-7-12(16)11-13/h6-8,11,17H,2-5,9-10H2,1H3. The molecule has 1 N–H and O–H groups in total. The molecule has 0 spiro atoms. The molecule has 0 aromatic heterocycles. The maximum atomic E-state index is 12.2. The predicted molar refractivity (Wildman–Crippen MR) is 77.5 cm³/mol. The van der Waals surface area contributed by atoms with Gasteiger partial charge in [-0.05, 0) is 31.0 Å². The second kappa shape index (κ2) is 6.29. The van der Waals surface area contributed by atoms with Crippen LogP contribution in [0.5, 0.6) is 0 Å². The summed E-state index contributed by atoms with van der Waals surface area (Å²) in [5.41, 5.74) is 0.274. The van der Waals surface area contributed by atoms with Gasteiger partial charge in [-0.15, -0.1) is 0 Å². The Bertz CT molecular complexity index is 440. The third-order valence-electron chi connectivity index (χ3n) is 3.74. The lowest BCUT2D eigenvalue weighted by Crippen LogP contribution is -2.46. The molecule has 0 radical (unpaired) electrons. The van der Waals surface area contributed by atoms with Crippen LogP contribution in [0.4, 0.5) is 5.69 Å². The molecular weight excluding hydrogens is 262 g/mol. The Morgan fingerprint density at radius 3 is 2.53 bits per heavy atom. The first-order valence-electron chi connectivity index (χ1n) is 6.78. The zero-order valence-electron chi connectivity index (χ0n) is 11.2. The second-order valence-electron chi connectivity index (χ2n) is 5.12. The highest BCUT2D eigenvalue weighted by atomic mass is 35.5. The number of rotatable bonds is 3. The Kier molecular flexibility index (Phi) is 4.70. The molecule has 3 nitrogen and oxygen atoms in total. The summed E-state index contributed by atoms with van der Waals surface area (Å²) in [6.45, 7) is 0. The topological polar surface area (TPSA) is 38.3 Å². The van der Waals surface area contributed by atoms with E-state index in [0.29, 0.717) is 5.02 Å². The summed E-state index contributed by atoms with van der Waals surface area (Å²) < 4.78 is 5.02. The lowest BCUT2D eigenvalue weighted by molar-refractivity contribution is -0.146. The van der Waals surface area contributed by atoms with Crippen molar-refractivity contribution in [2.24, 2.45) is 0 Å². The van der Waals surface area contributed by atoms with Crippen LogP contribution in [0.15, 0.2) is 24.3 Å². The molecule has 104 valence electrons. The highest BCUT2D eigenvalue weighted by Gasteiger charge is 2.39. The zero-order chi connectivity index (χ0) is 13.7. The molecule has 19 heavy (non-hydrogen) atoms. The number of anilines is 1. The Morgan fingerprint density at radius 2 is 1.95 bits per heavy atom. The maximum absolute atomic E-state index is 12.2. The van der Waals surface area contributed by atoms with E-state index >= 15 is 0 Å². The smallest absolute Gasteiger partial charge is 0.331 e. The van der Waals surface area contributed by atoms with Crippen LogP contribution >= 0.6 is 11.6 Å². The van der Waals surface area contributed by atoms with Gasteiger partial charge in [-0.25, -0.2) is 4.79 Å². The monoisotopic (exact) mass is 281 g/mol. The van der Waals surface area contributed by atoms with Crippen molar-refractivity contribution in [3.05, 3.63) is 29.3 Å². The van der Waals surface area contributed by atoms with E-state index in [1.54, 1.807) is 0 Å². The molecule has 0 unspecified atom stereocenters. The second-order valence-corrected chi connectivity index (χ2v) is 5.56. The van der Waals surface area contributed by atoms with E-state index in [2.05, 4.69) is 5.32 Å². The van der Waals surface area contributed by atoms with E-state index in [0.717, 1.165) is 31.4 Å². The van der Waals surface area contributed by atoms with Gasteiger partial charge >= 0.3 is 5.97 Å². The third kappa shape index (κ3) is 3.41. The number of ether oxygens (including phenoxy) is 1. The fourth-order valence-electron chi connectivity index (χ4n) is 2.75. The molecule has 1 saturated carbocycles. The normalized spacial score (nSPS) is 18.4. The molecule has 0 aliphatic heterocycles. The number of carbonyl (C=O) groups excluding carboxylic acids is 1. The van der Waals surface area contributed by atoms with Gasteiger partial charge in [0.15, 0.2) is 0 Å². The molecule has 0 bridgehead atoms. The van der Waals surface area contributed by atoms with E-state index in [-0.39, 0.29) is 5.97 Å². The van der Waals surface area contributed by atoms with E-state index < -0.39 is 5.54 Å². The molecule has 1 aromatic carbocycles. The first kappa shape index (κ1) is 14.2. The number of benzene rings is 1. The molecule has 0 atom stereocenters. The first-order valence-corrected chi connectivity index (χ1v) is 7.16. The number of methoxy groups -OCH3 is 1. The van der Waals surface area contributed by atoms with E-state index in [4.69, 9.17) is 16.3 Å². The molecule has 1 fully saturated rings. The fraction of sp³-hybridized carbons (Fsp3) is 0.533. The summed E-state index contributed by atoms with van der Waals surface area (Å²) in [5.74, 6) is -0.172. The van der Waals surface area contributed by atoms with Crippen LogP contribution < -0.4 is 5.32 Å². The summed E-state index contributed by atoms with van der Waals surface area (Å²) in [5, 5.41) is 4.03. The quantitative estimate of drug-likeness (QED) is 0.672. The number of nitrogens with one attached hydrogen (secondary N) is 1. The minimum Gasteiger partial charge on any atom is -0.467 e. The minimum atomic E-state index is -0.601. The van der Waals surface area contributed by atoms with Crippen LogP contribution in [0.3, 0.4) is 0 Å². The van der Waals surface area contributed by atoms with Crippen LogP contribution in [0.2, 0.25) is 5.02 Å². The van der Waals surface area contributed by atoms with Gasteiger partial charge in [0, 0.05) is 10.7 Å². The van der Waals surface area contributed by atoms with Gasteiger partial charge in [0.05, 0.1) is 7.11 Å². The van der Waals surface area contributed by atoms with Crippen molar-refractivity contribution in [2.45, 2.75) is 44.1 Å². The van der Waals surface area contributed by atoms with Crippen LogP contribution in [0.1, 0.15) is 38.5 Å². The zero-order valence-corrected chi connectivity index (χ0v) is 12.0. The molecule has 1 aliphatic rings. The molecular formula is C15H20ClNO2. The van der Waals surface area contributed by atoms with Crippen molar-refractivity contribution in [3.63, 3.8) is 0 Å². The average Bonchev–Trinajstić information content (AvgIpc) is 2.64. The molecule has 4 heteroatoms. The number of halogens is 1. The summed E-state index contributed by atoms with van der Waals surface area (Å²) >= 11 is 6.00. The SMILES string of the molecule is COC(=O)C1(Nc2cccc(Cl)c2)CCCCCC1. The van der Waals surface area contributed by atoms with E-state index in [9.17, 15) is 4.79 Å². The van der Waals surface area contributed by atoms with Gasteiger partial charge in [-0.2, -0.15) is 0 Å². The third-order valence-corrected chi connectivity index (χ3v) is 3.98. The van der Waals surface area contributed by atoms with Gasteiger partial charge in [-0.3, -0.25) is 0 Å². The number of hydrogen-bond donors (Lipinski definition) is 1. The van der Waals surface area contributed by atoms with Gasteiger partial charge in [0.2, 0.25) is 0 Å².